The Bertz CT molecular complexity index is 743. The van der Waals surface area contributed by atoms with Gasteiger partial charge in [-0.3, -0.25) is 0 Å². The van der Waals surface area contributed by atoms with Crippen LogP contribution in [0.5, 0.6) is 0 Å². The molecule has 1 N–H and O–H groups in total. The first-order valence-corrected chi connectivity index (χ1v) is 10.5. The summed E-state index contributed by atoms with van der Waals surface area (Å²) in [6.07, 6.45) is -2.08. The third-order valence-electron chi connectivity index (χ3n) is 5.10. The van der Waals surface area contributed by atoms with Gasteiger partial charge in [-0.1, -0.05) is 48.5 Å². The minimum absolute atomic E-state index is 0.350. The van der Waals surface area contributed by atoms with Crippen LogP contribution in [0.3, 0.4) is 0 Å². The summed E-state index contributed by atoms with van der Waals surface area (Å²) in [5, 5.41) is 0. The summed E-state index contributed by atoms with van der Waals surface area (Å²) in [6, 6.07) is 19.2. The third-order valence-corrected chi connectivity index (χ3v) is 6.68. The zero-order chi connectivity index (χ0) is 19.5. The highest BCUT2D eigenvalue weighted by atomic mass is 32.2. The van der Waals surface area contributed by atoms with Gasteiger partial charge in [-0.2, -0.15) is 4.55 Å². The van der Waals surface area contributed by atoms with Gasteiger partial charge >= 0.3 is 0 Å². The van der Waals surface area contributed by atoms with E-state index in [0.717, 1.165) is 10.5 Å². The lowest BCUT2D eigenvalue weighted by Crippen LogP contribution is -2.64. The van der Waals surface area contributed by atoms with E-state index < -0.39 is 35.1 Å². The molecular formula is C21H25O6S+. The molecule has 2 fully saturated rings. The Hall–Kier alpha value is -1.45. The molecule has 2 aliphatic rings. The fourth-order valence-corrected chi connectivity index (χ4v) is 5.19. The van der Waals surface area contributed by atoms with Crippen LogP contribution < -0.4 is 0 Å². The number of methoxy groups -OCH3 is 2. The molecule has 5 unspecified atom stereocenters. The van der Waals surface area contributed by atoms with Gasteiger partial charge in [0.15, 0.2) is 17.3 Å². The predicted octanol–water partition coefficient (Wildman–Crippen LogP) is 3.01. The standard InChI is InChI=1S/C21H25O6S/c1-23-18-17-16(13-25-20(27-17)14-9-5-3-6-10-14)26-21(19(18)24-2)28(22)15-11-7-4-8-12-15/h3-12,16-22H,13H2,1-2H3/q+1/t16?,17-,18?,19?,20?,21-,28?/m1/s1. The van der Waals surface area contributed by atoms with Gasteiger partial charge in [0.2, 0.25) is 11.2 Å². The lowest BCUT2D eigenvalue weighted by molar-refractivity contribution is -0.324. The molecule has 0 amide bonds. The van der Waals surface area contributed by atoms with Crippen molar-refractivity contribution in [1.29, 1.82) is 0 Å². The molecule has 4 rings (SSSR count). The maximum atomic E-state index is 11.0. The Morgan fingerprint density at radius 3 is 2.18 bits per heavy atom. The van der Waals surface area contributed by atoms with E-state index in [1.165, 1.54) is 0 Å². The highest BCUT2D eigenvalue weighted by molar-refractivity contribution is 7.92. The highest BCUT2D eigenvalue weighted by Gasteiger charge is 2.57. The fraction of sp³-hybridized carbons (Fsp3) is 0.429. The lowest BCUT2D eigenvalue weighted by atomic mass is 9.98. The highest BCUT2D eigenvalue weighted by Crippen LogP contribution is 2.38. The quantitative estimate of drug-likeness (QED) is 0.772. The minimum atomic E-state index is -1.17. The van der Waals surface area contributed by atoms with Gasteiger partial charge in [0.25, 0.3) is 5.44 Å². The average molecular weight is 405 g/mol. The molecule has 28 heavy (non-hydrogen) atoms. The summed E-state index contributed by atoms with van der Waals surface area (Å²) in [7, 11) is 3.23. The zero-order valence-corrected chi connectivity index (χ0v) is 16.7. The van der Waals surface area contributed by atoms with Crippen LogP contribution in [0.1, 0.15) is 11.9 Å². The average Bonchev–Trinajstić information content (AvgIpc) is 2.78. The lowest BCUT2D eigenvalue weighted by Gasteiger charge is -2.46. The first-order chi connectivity index (χ1) is 13.7. The normalized spacial score (nSPS) is 33.8. The molecule has 2 aromatic rings. The molecule has 150 valence electrons. The van der Waals surface area contributed by atoms with Crippen LogP contribution in [0.25, 0.3) is 0 Å². The van der Waals surface area contributed by atoms with Gasteiger partial charge in [-0.15, -0.1) is 0 Å². The number of rotatable bonds is 5. The maximum absolute atomic E-state index is 11.0. The number of hydrogen-bond acceptors (Lipinski definition) is 6. The maximum Gasteiger partial charge on any atom is 0.285 e. The van der Waals surface area contributed by atoms with Crippen molar-refractivity contribution < 1.29 is 28.2 Å². The van der Waals surface area contributed by atoms with Crippen molar-refractivity contribution in [2.24, 2.45) is 0 Å². The molecule has 0 radical (unpaired) electrons. The van der Waals surface area contributed by atoms with Crippen LogP contribution in [-0.4, -0.2) is 55.2 Å². The van der Waals surface area contributed by atoms with Gasteiger partial charge in [0, 0.05) is 19.8 Å². The third kappa shape index (κ3) is 3.84. The van der Waals surface area contributed by atoms with E-state index in [2.05, 4.69) is 0 Å². The Kier molecular flexibility index (Phi) is 6.32. The molecule has 2 saturated heterocycles. The Morgan fingerprint density at radius 1 is 0.893 bits per heavy atom. The van der Waals surface area contributed by atoms with Crippen molar-refractivity contribution >= 4 is 11.2 Å². The molecule has 0 saturated carbocycles. The summed E-state index contributed by atoms with van der Waals surface area (Å²) in [5.41, 5.74) is 0.372. The van der Waals surface area contributed by atoms with Crippen molar-refractivity contribution in [1.82, 2.24) is 0 Å². The smallest absolute Gasteiger partial charge is 0.285 e. The molecule has 7 heteroatoms. The summed E-state index contributed by atoms with van der Waals surface area (Å²) in [6.45, 7) is 0.350. The van der Waals surface area contributed by atoms with Gasteiger partial charge in [-0.05, 0) is 12.1 Å². The van der Waals surface area contributed by atoms with E-state index in [4.69, 9.17) is 23.7 Å². The molecule has 7 atom stereocenters. The number of fused-ring (bicyclic) bond motifs is 1. The van der Waals surface area contributed by atoms with E-state index >= 15 is 0 Å². The summed E-state index contributed by atoms with van der Waals surface area (Å²) in [4.78, 5) is 0.794. The zero-order valence-electron chi connectivity index (χ0n) is 15.8. The molecule has 0 aromatic heterocycles. The predicted molar refractivity (Wildman–Crippen MR) is 105 cm³/mol. The molecule has 0 spiro atoms. The SMILES string of the molecule is COC1C(OC)[C@@H]([S+](O)c2ccccc2)OC2COC(c3ccccc3)O[C@H]21. The Balaban J connectivity index is 1.56. The summed E-state index contributed by atoms with van der Waals surface area (Å²) < 4.78 is 40.8. The topological polar surface area (TPSA) is 66.4 Å². The van der Waals surface area contributed by atoms with Crippen LogP contribution >= 0.6 is 0 Å². The summed E-state index contributed by atoms with van der Waals surface area (Å²) >= 11 is -1.17. The van der Waals surface area contributed by atoms with Crippen LogP contribution in [-0.2, 0) is 34.9 Å². The minimum Gasteiger partial charge on any atom is -0.376 e. The molecule has 0 bridgehead atoms. The van der Waals surface area contributed by atoms with Crippen molar-refractivity contribution in [3.63, 3.8) is 0 Å². The van der Waals surface area contributed by atoms with Gasteiger partial charge < -0.3 is 23.7 Å². The number of ether oxygens (including phenoxy) is 5. The van der Waals surface area contributed by atoms with E-state index in [-0.39, 0.29) is 12.2 Å². The summed E-state index contributed by atoms with van der Waals surface area (Å²) in [5.74, 6) is 0. The van der Waals surface area contributed by atoms with E-state index in [1.807, 2.05) is 60.7 Å². The Labute approximate surface area is 167 Å². The number of hydrogen-bond donors (Lipinski definition) is 1. The Morgan fingerprint density at radius 2 is 1.54 bits per heavy atom. The van der Waals surface area contributed by atoms with Crippen molar-refractivity contribution in [3.8, 4) is 0 Å². The van der Waals surface area contributed by atoms with Gasteiger partial charge in [0.05, 0.1) is 6.61 Å². The monoisotopic (exact) mass is 405 g/mol. The van der Waals surface area contributed by atoms with Crippen LogP contribution in [0.2, 0.25) is 0 Å². The number of benzene rings is 2. The first-order valence-electron chi connectivity index (χ1n) is 9.23. The molecule has 2 aromatic carbocycles. The fourth-order valence-electron chi connectivity index (χ4n) is 3.72. The first kappa shape index (κ1) is 19.8. The van der Waals surface area contributed by atoms with Crippen LogP contribution in [0, 0.1) is 0 Å². The van der Waals surface area contributed by atoms with Crippen LogP contribution in [0.4, 0.5) is 0 Å². The second-order valence-electron chi connectivity index (χ2n) is 6.75. The molecular weight excluding hydrogens is 380 g/mol. The van der Waals surface area contributed by atoms with E-state index in [1.54, 1.807) is 14.2 Å². The second-order valence-corrected chi connectivity index (χ2v) is 8.31. The molecule has 6 nitrogen and oxygen atoms in total. The van der Waals surface area contributed by atoms with Crippen molar-refractivity contribution in [2.45, 2.75) is 41.0 Å². The van der Waals surface area contributed by atoms with Gasteiger partial charge in [0.1, 0.15) is 18.3 Å². The van der Waals surface area contributed by atoms with Crippen LogP contribution in [0.15, 0.2) is 65.6 Å². The van der Waals surface area contributed by atoms with E-state index in [0.29, 0.717) is 6.61 Å². The van der Waals surface area contributed by atoms with Crippen molar-refractivity contribution in [2.75, 3.05) is 20.8 Å². The largest absolute Gasteiger partial charge is 0.376 e. The molecule has 0 aliphatic carbocycles. The van der Waals surface area contributed by atoms with Gasteiger partial charge in [-0.25, -0.2) is 0 Å². The second kappa shape index (κ2) is 8.92. The molecule has 2 heterocycles. The van der Waals surface area contributed by atoms with E-state index in [9.17, 15) is 4.55 Å². The molecule has 2 aliphatic heterocycles. The van der Waals surface area contributed by atoms with Crippen molar-refractivity contribution in [3.05, 3.63) is 66.2 Å².